The summed E-state index contributed by atoms with van der Waals surface area (Å²) in [6, 6.07) is 17.1. The van der Waals surface area contributed by atoms with Crippen molar-refractivity contribution in [2.75, 3.05) is 38.4 Å². The molecular formula is C34H42N2O7. The summed E-state index contributed by atoms with van der Waals surface area (Å²) in [6.45, 7) is 3.67. The Morgan fingerprint density at radius 1 is 0.721 bits per heavy atom. The lowest BCUT2D eigenvalue weighted by Crippen LogP contribution is -2.08. The summed E-state index contributed by atoms with van der Waals surface area (Å²) in [7, 11) is 1.57. The molecular weight excluding hydrogens is 548 g/mol. The normalized spacial score (nSPS) is 10.8. The van der Waals surface area contributed by atoms with Crippen LogP contribution < -0.4 is 30.4 Å². The number of hydrogen-bond donors (Lipinski definition) is 2. The molecule has 0 unspecified atom stereocenters. The maximum atomic E-state index is 12.3. The highest BCUT2D eigenvalue weighted by Gasteiger charge is 2.09. The molecule has 3 rings (SSSR count). The Kier molecular flexibility index (Phi) is 13.8. The zero-order valence-corrected chi connectivity index (χ0v) is 25.0. The maximum absolute atomic E-state index is 12.3. The van der Waals surface area contributed by atoms with Crippen molar-refractivity contribution < 1.29 is 33.3 Å². The van der Waals surface area contributed by atoms with Crippen molar-refractivity contribution in [2.45, 2.75) is 51.9 Å². The van der Waals surface area contributed by atoms with Crippen molar-refractivity contribution in [3.63, 3.8) is 0 Å². The smallest absolute Gasteiger partial charge is 0.338 e. The zero-order valence-electron chi connectivity index (χ0n) is 25.0. The number of unbranched alkanes of at least 4 members (excludes halogenated alkanes) is 5. The van der Waals surface area contributed by atoms with Gasteiger partial charge < -0.3 is 35.2 Å². The van der Waals surface area contributed by atoms with Gasteiger partial charge in [-0.25, -0.2) is 9.59 Å². The largest absolute Gasteiger partial charge is 0.494 e. The van der Waals surface area contributed by atoms with Gasteiger partial charge in [-0.1, -0.05) is 25.8 Å². The molecule has 0 bridgehead atoms. The van der Waals surface area contributed by atoms with Gasteiger partial charge in [0, 0.05) is 17.5 Å². The number of carbonyl (C=O) groups excluding carboxylic acids is 2. The molecule has 0 atom stereocenters. The van der Waals surface area contributed by atoms with Gasteiger partial charge in [0.1, 0.15) is 11.5 Å². The number of esters is 2. The summed E-state index contributed by atoms with van der Waals surface area (Å²) < 4.78 is 27.7. The first-order valence-corrected chi connectivity index (χ1v) is 14.6. The molecule has 0 saturated heterocycles. The number of hydrogen-bond acceptors (Lipinski definition) is 9. The minimum absolute atomic E-state index is 0.325. The highest BCUT2D eigenvalue weighted by Crippen LogP contribution is 2.29. The van der Waals surface area contributed by atoms with Crippen LogP contribution in [0.2, 0.25) is 0 Å². The van der Waals surface area contributed by atoms with E-state index in [9.17, 15) is 9.59 Å². The molecule has 0 aromatic heterocycles. The molecule has 9 heteroatoms. The highest BCUT2D eigenvalue weighted by molar-refractivity contribution is 5.91. The van der Waals surface area contributed by atoms with Gasteiger partial charge in [0.2, 0.25) is 0 Å². The van der Waals surface area contributed by atoms with Crippen molar-refractivity contribution in [3.05, 3.63) is 77.9 Å². The minimum Gasteiger partial charge on any atom is -0.494 e. The number of ether oxygens (including phenoxy) is 5. The predicted octanol–water partition coefficient (Wildman–Crippen LogP) is 6.84. The van der Waals surface area contributed by atoms with Crippen LogP contribution in [-0.4, -0.2) is 38.9 Å². The molecule has 230 valence electrons. The molecule has 9 nitrogen and oxygen atoms in total. The van der Waals surface area contributed by atoms with E-state index in [2.05, 4.69) is 6.92 Å². The number of carbonyl (C=O) groups is 2. The zero-order chi connectivity index (χ0) is 30.9. The Bertz CT molecular complexity index is 1320. The Morgan fingerprint density at radius 3 is 2.07 bits per heavy atom. The third-order valence-corrected chi connectivity index (χ3v) is 6.40. The van der Waals surface area contributed by atoms with Gasteiger partial charge in [0.05, 0.1) is 32.5 Å². The first-order chi connectivity index (χ1) is 20.9. The van der Waals surface area contributed by atoms with E-state index in [4.69, 9.17) is 35.2 Å². The average molecular weight is 591 g/mol. The van der Waals surface area contributed by atoms with Crippen molar-refractivity contribution in [2.24, 2.45) is 0 Å². The number of nitrogen functional groups attached to an aromatic ring is 2. The monoisotopic (exact) mass is 590 g/mol. The average Bonchev–Trinajstić information content (AvgIpc) is 3.00. The molecule has 0 heterocycles. The Balaban J connectivity index is 1.34. The van der Waals surface area contributed by atoms with Crippen molar-refractivity contribution in [1.29, 1.82) is 0 Å². The molecule has 4 N–H and O–H groups in total. The molecule has 0 saturated carbocycles. The van der Waals surface area contributed by atoms with Crippen molar-refractivity contribution >= 4 is 29.4 Å². The molecule has 0 spiro atoms. The number of benzene rings is 3. The summed E-state index contributed by atoms with van der Waals surface area (Å²) in [5, 5.41) is 0. The standard InChI is InChI=1S/C34H42N2O7/c1-3-4-7-18-40-29-12-14-30(15-13-29)43-33(37)17-11-25-10-16-31(32(21-25)39-2)41-19-8-5-6-9-20-42-34(38)26-22-27(35)24-28(36)23-26/h10-17,21-24H,3-9,18-20,35-36H2,1-2H3. The summed E-state index contributed by atoms with van der Waals surface area (Å²) in [4.78, 5) is 24.4. The molecule has 3 aromatic carbocycles. The Hall–Kier alpha value is -4.66. The lowest BCUT2D eigenvalue weighted by Gasteiger charge is -2.11. The van der Waals surface area contributed by atoms with Crippen LogP contribution in [-0.2, 0) is 9.53 Å². The molecule has 0 aliphatic rings. The fourth-order valence-electron chi connectivity index (χ4n) is 4.15. The number of methoxy groups -OCH3 is 1. The Morgan fingerprint density at radius 2 is 1.37 bits per heavy atom. The van der Waals surface area contributed by atoms with Gasteiger partial charge in [-0.05, 0) is 98.3 Å². The van der Waals surface area contributed by atoms with E-state index in [1.54, 1.807) is 61.7 Å². The third-order valence-electron chi connectivity index (χ3n) is 6.40. The van der Waals surface area contributed by atoms with Gasteiger partial charge in [0.15, 0.2) is 11.5 Å². The van der Waals surface area contributed by atoms with E-state index in [1.165, 1.54) is 6.08 Å². The van der Waals surface area contributed by atoms with Crippen molar-refractivity contribution in [1.82, 2.24) is 0 Å². The lowest BCUT2D eigenvalue weighted by atomic mass is 10.1. The SMILES string of the molecule is CCCCCOc1ccc(OC(=O)C=Cc2ccc(OCCCCCCOC(=O)c3cc(N)cc(N)c3)c(OC)c2)cc1. The lowest BCUT2D eigenvalue weighted by molar-refractivity contribution is -0.128. The topological polar surface area (TPSA) is 132 Å². The van der Waals surface area contributed by atoms with E-state index >= 15 is 0 Å². The van der Waals surface area contributed by atoms with Gasteiger partial charge >= 0.3 is 11.9 Å². The van der Waals surface area contributed by atoms with E-state index in [0.29, 0.717) is 54.0 Å². The quantitative estimate of drug-likeness (QED) is 0.0537. The van der Waals surface area contributed by atoms with E-state index in [1.807, 2.05) is 12.1 Å². The van der Waals surface area contributed by atoms with E-state index < -0.39 is 11.9 Å². The number of anilines is 2. The maximum Gasteiger partial charge on any atom is 0.338 e. The number of nitrogens with two attached hydrogens (primary N) is 2. The fraction of sp³-hybridized carbons (Fsp3) is 0.353. The second-order valence-corrected chi connectivity index (χ2v) is 9.98. The first kappa shape index (κ1) is 32.8. The van der Waals surface area contributed by atoms with Crippen LogP contribution in [0.5, 0.6) is 23.0 Å². The fourth-order valence-corrected chi connectivity index (χ4v) is 4.15. The van der Waals surface area contributed by atoms with Gasteiger partial charge in [-0.15, -0.1) is 0 Å². The minimum atomic E-state index is -0.486. The molecule has 0 aliphatic heterocycles. The summed E-state index contributed by atoms with van der Waals surface area (Å²) in [5.41, 5.74) is 13.4. The van der Waals surface area contributed by atoms with Gasteiger partial charge in [-0.2, -0.15) is 0 Å². The summed E-state index contributed by atoms with van der Waals surface area (Å²) in [6.07, 6.45) is 9.72. The van der Waals surface area contributed by atoms with Crippen LogP contribution in [0.25, 0.3) is 6.08 Å². The van der Waals surface area contributed by atoms with Gasteiger partial charge in [-0.3, -0.25) is 0 Å². The van der Waals surface area contributed by atoms with E-state index in [0.717, 1.165) is 56.3 Å². The van der Waals surface area contributed by atoms with Crippen LogP contribution >= 0.6 is 0 Å². The molecule has 3 aromatic rings. The van der Waals surface area contributed by atoms with Crippen LogP contribution in [0.15, 0.2) is 66.7 Å². The second kappa shape index (κ2) is 18.0. The number of rotatable bonds is 18. The highest BCUT2D eigenvalue weighted by atomic mass is 16.5. The van der Waals surface area contributed by atoms with Gasteiger partial charge in [0.25, 0.3) is 0 Å². The summed E-state index contributed by atoms with van der Waals surface area (Å²) in [5.74, 6) is 1.47. The van der Waals surface area contributed by atoms with Crippen molar-refractivity contribution in [3.8, 4) is 23.0 Å². The molecule has 0 aliphatic carbocycles. The summed E-state index contributed by atoms with van der Waals surface area (Å²) >= 11 is 0. The third kappa shape index (κ3) is 12.0. The van der Waals surface area contributed by atoms with Crippen LogP contribution in [0.3, 0.4) is 0 Å². The molecule has 0 fully saturated rings. The first-order valence-electron chi connectivity index (χ1n) is 14.6. The molecule has 0 radical (unpaired) electrons. The van der Waals surface area contributed by atoms with Crippen LogP contribution in [0.4, 0.5) is 11.4 Å². The van der Waals surface area contributed by atoms with Crippen LogP contribution in [0.1, 0.15) is 67.8 Å². The Labute approximate surface area is 253 Å². The molecule has 43 heavy (non-hydrogen) atoms. The van der Waals surface area contributed by atoms with Crippen LogP contribution in [0, 0.1) is 0 Å². The second-order valence-electron chi connectivity index (χ2n) is 9.98. The predicted molar refractivity (Wildman–Crippen MR) is 169 cm³/mol. The molecule has 0 amide bonds. The van der Waals surface area contributed by atoms with E-state index in [-0.39, 0.29) is 0 Å².